The lowest BCUT2D eigenvalue weighted by atomic mass is 10.0. The highest BCUT2D eigenvalue weighted by Crippen LogP contribution is 2.20. The van der Waals surface area contributed by atoms with Gasteiger partial charge in [-0.1, -0.05) is 78.8 Å². The number of aliphatic imine (C=N–C) groups is 1. The van der Waals surface area contributed by atoms with E-state index in [2.05, 4.69) is 78.5 Å². The number of azide groups is 3. The van der Waals surface area contributed by atoms with Crippen LogP contribution in [0.15, 0.2) is 50.8 Å². The molecule has 101 heavy (non-hydrogen) atoms. The van der Waals surface area contributed by atoms with Crippen LogP contribution in [0.5, 0.6) is 0 Å². The van der Waals surface area contributed by atoms with Gasteiger partial charge in [-0.3, -0.25) is 100 Å². The van der Waals surface area contributed by atoms with E-state index in [1.54, 1.807) is 24.7 Å². The molecule has 7 aliphatic rings. The van der Waals surface area contributed by atoms with Crippen LogP contribution >= 0.6 is 0 Å². The fourth-order valence-electron chi connectivity index (χ4n) is 7.40. The number of aryl methyl sites for hydroxylation is 1. The number of carbonyl (C=O) groups is 14. The number of hydrogen-bond acceptors (Lipinski definition) is 22. The first kappa shape index (κ1) is 91.9. The Hall–Kier alpha value is -11.2. The Bertz CT molecular complexity index is 3140. The van der Waals surface area contributed by atoms with E-state index >= 15 is 0 Å². The summed E-state index contributed by atoms with van der Waals surface area (Å²) in [7, 11) is 1.00. The predicted octanol–water partition coefficient (Wildman–Crippen LogP) is 3.63. The summed E-state index contributed by atoms with van der Waals surface area (Å²) in [6.45, 7) is 6.47. The van der Waals surface area contributed by atoms with E-state index in [0.717, 1.165) is 37.4 Å². The number of nitrogens with zero attached hydrogens (tertiary/aromatic N) is 18. The van der Waals surface area contributed by atoms with Crippen LogP contribution in [0.25, 0.3) is 31.3 Å². The minimum Gasteiger partial charge on any atom is -0.856 e. The van der Waals surface area contributed by atoms with Gasteiger partial charge in [0, 0.05) is 175 Å². The number of alkyl halides is 5. The number of hydrogen-bond donors (Lipinski definition) is 3. The Morgan fingerprint density at radius 1 is 0.584 bits per heavy atom. The molecule has 1 unspecified atom stereocenters. The predicted molar refractivity (Wildman–Crippen MR) is 344 cm³/mol. The average Bonchev–Trinajstić information content (AvgIpc) is 1.72. The highest BCUT2D eigenvalue weighted by molar-refractivity contribution is 6.13. The van der Waals surface area contributed by atoms with Crippen LogP contribution in [0.1, 0.15) is 129 Å². The van der Waals surface area contributed by atoms with Gasteiger partial charge in [0.05, 0.1) is 38.9 Å². The number of terminal acetylenes is 1. The standard InChI is InChI=1S/C12H17N5O3.C11H10N2O6.C10H15N5O3.C9H11N5O3.C4H5F3N4O.2C4H8.C3H4.2CH3F/c1-9-8-16(15-14-9)7-5-13-10(18)4-6-17-11(19)2-3-12(17)20;14-7-1-2-8(15)12(7)6-5-11(18)19-13-9(16)3-4-10(13)17;1-7-6-9(17)15(10(7)18)5-2-8(16)12-3-4-13-14-11;10-13-12-5-4-11-7(15)3-6-14-8(16)1-2-9(14)17;5-4(6,7)3(12)9-1-2-10-11-8;2*1-2-4-3-1;1-3-2;2*1-2/h8H,2-7H2,1H3,(H,13,18);1-2H,3-6H2;7H,2-6H2,1H3,(H,12,16);1-2H,3-6H2,(H,11,15);1-2H2,(H,9,12);2*1-4H2;1H,2H3;2*1H3/p-1. The summed E-state index contributed by atoms with van der Waals surface area (Å²) in [4.78, 5) is 177. The lowest BCUT2D eigenvalue weighted by Crippen LogP contribution is -2.35. The van der Waals surface area contributed by atoms with Gasteiger partial charge in [-0.15, -0.1) is 22.5 Å². The molecule has 1 aromatic rings. The number of rotatable bonds is 25. The van der Waals surface area contributed by atoms with E-state index in [0.29, 0.717) is 32.5 Å². The van der Waals surface area contributed by atoms with Gasteiger partial charge in [0.2, 0.25) is 41.4 Å². The van der Waals surface area contributed by atoms with E-state index in [4.69, 9.17) is 16.6 Å². The molecular weight excluding hydrogens is 1350 g/mol. The second-order valence-electron chi connectivity index (χ2n) is 20.6. The molecular formula is C59H83F5N21O16-. The quantitative estimate of drug-likeness (QED) is 0.0145. The molecule has 0 radical (unpaired) electrons. The molecule has 3 saturated heterocycles. The van der Waals surface area contributed by atoms with Crippen LogP contribution < -0.4 is 21.1 Å². The van der Waals surface area contributed by atoms with Gasteiger partial charge in [-0.25, -0.2) is 4.79 Å². The van der Waals surface area contributed by atoms with Crippen molar-refractivity contribution in [2.45, 2.75) is 143 Å². The molecule has 5 aliphatic heterocycles. The number of hydroxylamine groups is 2. The first-order chi connectivity index (χ1) is 48.1. The topological polar surface area (TPSA) is 513 Å². The molecule has 8 rings (SSSR count). The molecule has 0 bridgehead atoms. The van der Waals surface area contributed by atoms with Crippen LogP contribution in [-0.2, 0) is 78.5 Å². The zero-order valence-electron chi connectivity index (χ0n) is 56.5. The van der Waals surface area contributed by atoms with E-state index < -0.39 is 60.0 Å². The van der Waals surface area contributed by atoms with Gasteiger partial charge >= 0.3 is 12.1 Å². The molecule has 1 aromatic heterocycles. The molecule has 1 atom stereocenters. The van der Waals surface area contributed by atoms with Crippen molar-refractivity contribution >= 4 is 88.7 Å². The summed E-state index contributed by atoms with van der Waals surface area (Å²) >= 11 is 0. The van der Waals surface area contributed by atoms with Gasteiger partial charge < -0.3 is 25.9 Å². The monoisotopic (exact) mass is 1440 g/mol. The fraction of sp³-hybridized carbons (Fsp3) is 0.610. The van der Waals surface area contributed by atoms with Crippen molar-refractivity contribution in [2.24, 2.45) is 26.3 Å². The zero-order valence-corrected chi connectivity index (χ0v) is 56.5. The third kappa shape index (κ3) is 41.0. The summed E-state index contributed by atoms with van der Waals surface area (Å²) in [5.74, 6) is -5.62. The Morgan fingerprint density at radius 2 is 0.950 bits per heavy atom. The number of likely N-dealkylation sites (tertiary alicyclic amines) is 2. The average molecular weight is 1440 g/mol. The maximum atomic E-state index is 11.6. The van der Waals surface area contributed by atoms with Crippen molar-refractivity contribution in [3.8, 4) is 12.3 Å². The molecule has 6 heterocycles. The number of aromatic nitrogens is 3. The smallest absolute Gasteiger partial charge is 0.419 e. The lowest BCUT2D eigenvalue weighted by Gasteiger charge is -2.15. The second kappa shape index (κ2) is 54.8. The molecule has 0 aromatic carbocycles. The molecule has 5 fully saturated rings. The maximum absolute atomic E-state index is 11.6. The number of imide groups is 5. The Labute approximate surface area is 576 Å². The van der Waals surface area contributed by atoms with Crippen LogP contribution in [0, 0.1) is 25.2 Å². The van der Waals surface area contributed by atoms with Gasteiger partial charge in [0.15, 0.2) is 0 Å². The Balaban J connectivity index is 0. The third-order valence-electron chi connectivity index (χ3n) is 13.1. The van der Waals surface area contributed by atoms with Crippen molar-refractivity contribution in [2.75, 3.05) is 86.3 Å². The van der Waals surface area contributed by atoms with Gasteiger partial charge in [0.1, 0.15) is 0 Å². The summed E-state index contributed by atoms with van der Waals surface area (Å²) < 4.78 is 54.9. The largest absolute Gasteiger partial charge is 0.856 e. The van der Waals surface area contributed by atoms with Crippen LogP contribution in [-0.4, -0.2) is 221 Å². The number of amides is 13. The second-order valence-corrected chi connectivity index (χ2v) is 20.6. The molecule has 13 amide bonds. The molecule has 2 saturated carbocycles. The SMILES string of the molecule is C#CC.C1CCC1.C1CCC1.CC1CC(=O)N(CCC(=O)NCCN=[N+]=[N-])C1=O.CF.CF.Cc1cn(CCNC(=O)CCN2C(=O)CCC2=O)nn1.O=C(CCN1C(=O)C=CC1=O)ON1C(=O)CCC1=O.[N-]=[N+]=NCCN=C([O-])C(F)(F)F.[N-]=[N+]=NCCNC(=O)CCN1C(=O)C=CC1=O. The lowest BCUT2D eigenvalue weighted by molar-refractivity contribution is -0.262. The van der Waals surface area contributed by atoms with Crippen LogP contribution in [0.3, 0.4) is 0 Å². The third-order valence-corrected chi connectivity index (χ3v) is 13.1. The number of carbonyl (C=O) groups excluding carboxylic acids is 14. The van der Waals surface area contributed by atoms with Crippen molar-refractivity contribution < 1.29 is 99.0 Å². The maximum Gasteiger partial charge on any atom is 0.419 e. The van der Waals surface area contributed by atoms with Gasteiger partial charge in [-0.2, -0.15) is 13.2 Å². The van der Waals surface area contributed by atoms with Crippen LogP contribution in [0.4, 0.5) is 22.0 Å². The zero-order chi connectivity index (χ0) is 76.7. The molecule has 2 aliphatic carbocycles. The Morgan fingerprint density at radius 3 is 1.31 bits per heavy atom. The number of nitrogens with one attached hydrogen (secondary N) is 3. The highest BCUT2D eigenvalue weighted by Gasteiger charge is 2.36. The van der Waals surface area contributed by atoms with Gasteiger partial charge in [0.25, 0.3) is 35.4 Å². The molecule has 3 N–H and O–H groups in total. The summed E-state index contributed by atoms with van der Waals surface area (Å²) in [5, 5.41) is 35.3. The molecule has 556 valence electrons. The Kier molecular flexibility index (Phi) is 49.8. The number of halogens is 5. The first-order valence-electron chi connectivity index (χ1n) is 31.1. The van der Waals surface area contributed by atoms with Crippen molar-refractivity contribution in [1.29, 1.82) is 0 Å². The molecule has 0 spiro atoms. The van der Waals surface area contributed by atoms with Crippen molar-refractivity contribution in [3.05, 3.63) is 67.5 Å². The normalized spacial score (nSPS) is 15.7. The fourth-order valence-corrected chi connectivity index (χ4v) is 7.40. The van der Waals surface area contributed by atoms with E-state index in [9.17, 15) is 94.2 Å². The van der Waals surface area contributed by atoms with Gasteiger partial charge in [-0.05, 0) is 30.4 Å². The first-order valence-corrected chi connectivity index (χ1v) is 31.1. The van der Waals surface area contributed by atoms with E-state index in [-0.39, 0.29) is 164 Å². The van der Waals surface area contributed by atoms with E-state index in [1.165, 1.54) is 63.5 Å². The van der Waals surface area contributed by atoms with Crippen molar-refractivity contribution in [3.63, 3.8) is 0 Å². The van der Waals surface area contributed by atoms with Crippen molar-refractivity contribution in [1.82, 2.24) is 55.6 Å². The summed E-state index contributed by atoms with van der Waals surface area (Å²) in [5.41, 5.74) is 24.5. The van der Waals surface area contributed by atoms with Crippen LogP contribution in [0.2, 0.25) is 0 Å². The summed E-state index contributed by atoms with van der Waals surface area (Å²) in [6.07, 6.45) is 18.7. The van der Waals surface area contributed by atoms with E-state index in [1.807, 2.05) is 6.92 Å². The molecule has 37 nitrogen and oxygen atoms in total. The highest BCUT2D eigenvalue weighted by atomic mass is 19.4. The molecule has 42 heteroatoms. The minimum absolute atomic E-state index is 0.0130. The minimum atomic E-state index is -4.93. The summed E-state index contributed by atoms with van der Waals surface area (Å²) in [6, 6.07) is 0.